The number of carbonyl (C=O) groups excluding carboxylic acids is 1. The van der Waals surface area contributed by atoms with E-state index >= 15 is 0 Å². The van der Waals surface area contributed by atoms with Crippen LogP contribution in [0.5, 0.6) is 0 Å². The summed E-state index contributed by atoms with van der Waals surface area (Å²) in [7, 11) is 1.66. The third kappa shape index (κ3) is 10.0. The lowest BCUT2D eigenvalue weighted by atomic mass is 10.2. The van der Waals surface area contributed by atoms with Gasteiger partial charge in [-0.2, -0.15) is 0 Å². The number of hydrogen-bond donors (Lipinski definition) is 2. The Balaban J connectivity index is 1.89. The summed E-state index contributed by atoms with van der Waals surface area (Å²) in [6.07, 6.45) is 1.99. The van der Waals surface area contributed by atoms with Gasteiger partial charge in [-0.25, -0.2) is 0 Å². The molecule has 0 saturated carbocycles. The zero-order valence-corrected chi connectivity index (χ0v) is 12.8. The Labute approximate surface area is 127 Å². The van der Waals surface area contributed by atoms with E-state index in [2.05, 4.69) is 10.6 Å². The van der Waals surface area contributed by atoms with Crippen LogP contribution in [0, 0.1) is 0 Å². The van der Waals surface area contributed by atoms with Crippen LogP contribution < -0.4 is 10.6 Å². The molecule has 0 aliphatic heterocycles. The van der Waals surface area contributed by atoms with E-state index < -0.39 is 0 Å². The molecule has 1 rings (SSSR count). The quantitative estimate of drug-likeness (QED) is 0.571. The van der Waals surface area contributed by atoms with Gasteiger partial charge >= 0.3 is 0 Å². The van der Waals surface area contributed by atoms with Crippen molar-refractivity contribution in [2.75, 3.05) is 40.0 Å². The summed E-state index contributed by atoms with van der Waals surface area (Å²) in [6.45, 7) is 3.79. The van der Waals surface area contributed by atoms with Crippen LogP contribution >= 0.6 is 0 Å². The lowest BCUT2D eigenvalue weighted by molar-refractivity contribution is -0.120. The van der Waals surface area contributed by atoms with Gasteiger partial charge in [-0.1, -0.05) is 30.3 Å². The largest absolute Gasteiger partial charge is 0.382 e. The van der Waals surface area contributed by atoms with Crippen LogP contribution in [0.4, 0.5) is 0 Å². The first kappa shape index (κ1) is 17.6. The molecule has 0 saturated heterocycles. The van der Waals surface area contributed by atoms with Crippen molar-refractivity contribution in [1.82, 2.24) is 10.6 Å². The zero-order chi connectivity index (χ0) is 15.2. The molecule has 0 atom stereocenters. The molecule has 2 N–H and O–H groups in total. The Morgan fingerprint density at radius 2 is 1.90 bits per heavy atom. The van der Waals surface area contributed by atoms with E-state index in [1.807, 2.05) is 30.3 Å². The highest BCUT2D eigenvalue weighted by Gasteiger charge is 2.00. The van der Waals surface area contributed by atoms with Crippen molar-refractivity contribution in [3.63, 3.8) is 0 Å². The van der Waals surface area contributed by atoms with Crippen molar-refractivity contribution in [3.05, 3.63) is 35.9 Å². The highest BCUT2D eigenvalue weighted by Crippen LogP contribution is 1.96. The summed E-state index contributed by atoms with van der Waals surface area (Å²) in [4.78, 5) is 11.6. The lowest BCUT2D eigenvalue weighted by Gasteiger charge is -2.07. The minimum atomic E-state index is 0.0233. The molecule has 5 heteroatoms. The van der Waals surface area contributed by atoms with Crippen molar-refractivity contribution in [1.29, 1.82) is 0 Å². The molecule has 118 valence electrons. The average Bonchev–Trinajstić information content (AvgIpc) is 2.52. The van der Waals surface area contributed by atoms with E-state index in [9.17, 15) is 4.79 Å². The van der Waals surface area contributed by atoms with Crippen molar-refractivity contribution in [3.8, 4) is 0 Å². The van der Waals surface area contributed by atoms with Crippen molar-refractivity contribution >= 4 is 5.91 Å². The zero-order valence-electron chi connectivity index (χ0n) is 12.8. The number of benzene rings is 1. The minimum absolute atomic E-state index is 0.0233. The van der Waals surface area contributed by atoms with Gasteiger partial charge in [0, 0.05) is 20.3 Å². The Morgan fingerprint density at radius 1 is 1.10 bits per heavy atom. The summed E-state index contributed by atoms with van der Waals surface area (Å²) in [5, 5.41) is 6.02. The van der Waals surface area contributed by atoms with Crippen LogP contribution in [0.1, 0.15) is 18.4 Å². The number of unbranched alkanes of at least 4 members (excludes halogenated alkanes) is 1. The molecule has 0 spiro atoms. The third-order valence-corrected chi connectivity index (χ3v) is 2.94. The van der Waals surface area contributed by atoms with Crippen molar-refractivity contribution in [2.45, 2.75) is 19.4 Å². The first-order valence-electron chi connectivity index (χ1n) is 7.41. The molecule has 0 heterocycles. The van der Waals surface area contributed by atoms with E-state index in [1.54, 1.807) is 7.11 Å². The fourth-order valence-corrected chi connectivity index (χ4v) is 1.76. The van der Waals surface area contributed by atoms with Gasteiger partial charge < -0.3 is 20.1 Å². The smallest absolute Gasteiger partial charge is 0.234 e. The Hall–Kier alpha value is -1.43. The van der Waals surface area contributed by atoms with E-state index in [0.717, 1.165) is 31.6 Å². The summed E-state index contributed by atoms with van der Waals surface area (Å²) < 4.78 is 10.2. The van der Waals surface area contributed by atoms with Crippen LogP contribution in [-0.4, -0.2) is 45.9 Å². The molecule has 1 amide bonds. The van der Waals surface area contributed by atoms with Gasteiger partial charge in [0.05, 0.1) is 19.8 Å². The maximum atomic E-state index is 11.6. The molecule has 0 fully saturated rings. The van der Waals surface area contributed by atoms with Gasteiger partial charge in [0.15, 0.2) is 0 Å². The van der Waals surface area contributed by atoms with Gasteiger partial charge in [-0.05, 0) is 24.9 Å². The Bertz CT molecular complexity index is 371. The summed E-state index contributed by atoms with van der Waals surface area (Å²) in [5.74, 6) is 0.0233. The first-order valence-corrected chi connectivity index (χ1v) is 7.41. The van der Waals surface area contributed by atoms with Crippen molar-refractivity contribution in [2.24, 2.45) is 0 Å². The molecular formula is C16H26N2O3. The molecule has 0 aliphatic carbocycles. The molecule has 1 aromatic carbocycles. The molecular weight excluding hydrogens is 268 g/mol. The number of ether oxygens (including phenoxy) is 2. The number of methoxy groups -OCH3 is 1. The topological polar surface area (TPSA) is 59.6 Å². The highest BCUT2D eigenvalue weighted by atomic mass is 16.5. The van der Waals surface area contributed by atoms with Crippen LogP contribution in [0.2, 0.25) is 0 Å². The van der Waals surface area contributed by atoms with Gasteiger partial charge in [0.25, 0.3) is 0 Å². The number of carbonyl (C=O) groups is 1. The first-order chi connectivity index (χ1) is 10.3. The van der Waals surface area contributed by atoms with Gasteiger partial charge in [-0.3, -0.25) is 4.79 Å². The fourth-order valence-electron chi connectivity index (χ4n) is 1.76. The van der Waals surface area contributed by atoms with Gasteiger partial charge in [-0.15, -0.1) is 0 Å². The SMILES string of the molecule is COCCOCCCCNCC(=O)NCc1ccccc1. The van der Waals surface area contributed by atoms with E-state index in [1.165, 1.54) is 0 Å². The second-order valence-corrected chi connectivity index (χ2v) is 4.75. The molecule has 21 heavy (non-hydrogen) atoms. The van der Waals surface area contributed by atoms with Gasteiger partial charge in [0.1, 0.15) is 0 Å². The third-order valence-electron chi connectivity index (χ3n) is 2.94. The number of rotatable bonds is 12. The maximum absolute atomic E-state index is 11.6. The normalized spacial score (nSPS) is 10.5. The average molecular weight is 294 g/mol. The fraction of sp³-hybridized carbons (Fsp3) is 0.562. The van der Waals surface area contributed by atoms with Crippen LogP contribution in [-0.2, 0) is 20.8 Å². The molecule has 0 aliphatic rings. The standard InChI is InChI=1S/C16H26N2O3/c1-20-11-12-21-10-6-5-9-17-14-16(19)18-13-15-7-3-2-4-8-15/h2-4,7-8,17H,5-6,9-14H2,1H3,(H,18,19). The van der Waals surface area contributed by atoms with Gasteiger partial charge in [0.2, 0.25) is 5.91 Å². The molecule has 0 unspecified atom stereocenters. The number of amides is 1. The molecule has 0 aromatic heterocycles. The van der Waals surface area contributed by atoms with E-state index in [-0.39, 0.29) is 5.91 Å². The number of hydrogen-bond acceptors (Lipinski definition) is 4. The maximum Gasteiger partial charge on any atom is 0.234 e. The van der Waals surface area contributed by atoms with E-state index in [4.69, 9.17) is 9.47 Å². The minimum Gasteiger partial charge on any atom is -0.382 e. The molecule has 0 radical (unpaired) electrons. The Kier molecular flexibility index (Phi) is 10.3. The summed E-state index contributed by atoms with van der Waals surface area (Å²) in [5.41, 5.74) is 1.11. The summed E-state index contributed by atoms with van der Waals surface area (Å²) >= 11 is 0. The second kappa shape index (κ2) is 12.3. The van der Waals surface area contributed by atoms with Crippen molar-refractivity contribution < 1.29 is 14.3 Å². The summed E-state index contributed by atoms with van der Waals surface area (Å²) in [6, 6.07) is 9.89. The van der Waals surface area contributed by atoms with Crippen LogP contribution in [0.3, 0.4) is 0 Å². The molecule has 5 nitrogen and oxygen atoms in total. The van der Waals surface area contributed by atoms with E-state index in [0.29, 0.717) is 26.3 Å². The number of nitrogens with one attached hydrogen (secondary N) is 2. The second-order valence-electron chi connectivity index (χ2n) is 4.75. The molecule has 0 bridgehead atoms. The molecule has 1 aromatic rings. The predicted molar refractivity (Wildman–Crippen MR) is 83.1 cm³/mol. The predicted octanol–water partition coefficient (Wildman–Crippen LogP) is 1.34. The lowest BCUT2D eigenvalue weighted by Crippen LogP contribution is -2.33. The van der Waals surface area contributed by atoms with Crippen LogP contribution in [0.25, 0.3) is 0 Å². The van der Waals surface area contributed by atoms with Crippen LogP contribution in [0.15, 0.2) is 30.3 Å². The highest BCUT2D eigenvalue weighted by molar-refractivity contribution is 5.77. The Morgan fingerprint density at radius 3 is 2.67 bits per heavy atom. The monoisotopic (exact) mass is 294 g/mol.